The largest absolute Gasteiger partial charge is 0.325 e. The molecule has 0 bridgehead atoms. The summed E-state index contributed by atoms with van der Waals surface area (Å²) in [4.78, 5) is 2.62. The molecular formula is C10H13N3S. The average molecular weight is 207 g/mol. The number of aryl methyl sites for hydroxylation is 2. The van der Waals surface area contributed by atoms with Crippen molar-refractivity contribution in [3.63, 3.8) is 0 Å². The minimum Gasteiger partial charge on any atom is -0.325 e. The van der Waals surface area contributed by atoms with Crippen molar-refractivity contribution in [2.24, 2.45) is 5.73 Å². The van der Waals surface area contributed by atoms with Gasteiger partial charge in [0.25, 0.3) is 0 Å². The van der Waals surface area contributed by atoms with Crippen LogP contribution < -0.4 is 5.73 Å². The summed E-state index contributed by atoms with van der Waals surface area (Å²) >= 11 is 1.80. The molecule has 0 amide bonds. The van der Waals surface area contributed by atoms with Gasteiger partial charge in [-0.1, -0.05) is 0 Å². The van der Waals surface area contributed by atoms with E-state index < -0.39 is 0 Å². The number of nitrogens with one attached hydrogen (secondary N) is 1. The zero-order valence-corrected chi connectivity index (χ0v) is 9.11. The number of nitrogens with zero attached hydrogens (tertiary/aromatic N) is 1. The van der Waals surface area contributed by atoms with Crippen molar-refractivity contribution in [1.29, 1.82) is 0 Å². The lowest BCUT2D eigenvalue weighted by molar-refractivity contribution is 0.948. The molecule has 0 radical (unpaired) electrons. The number of thiophene rings is 1. The van der Waals surface area contributed by atoms with Crippen LogP contribution in [0.15, 0.2) is 12.1 Å². The van der Waals surface area contributed by atoms with Gasteiger partial charge >= 0.3 is 0 Å². The monoisotopic (exact) mass is 207 g/mol. The predicted octanol–water partition coefficient (Wildman–Crippen LogP) is 2.21. The normalized spacial score (nSPS) is 10.8. The van der Waals surface area contributed by atoms with Crippen LogP contribution in [0, 0.1) is 13.8 Å². The lowest BCUT2D eigenvalue weighted by atomic mass is 10.2. The van der Waals surface area contributed by atoms with Gasteiger partial charge in [0, 0.05) is 27.6 Å². The standard InChI is InChI=1S/C10H13N3S/c1-6-3-9(7(2)14-6)10-4-8(5-11)12-13-10/h3-4H,5,11H2,1-2H3,(H,12,13). The zero-order chi connectivity index (χ0) is 10.1. The van der Waals surface area contributed by atoms with E-state index in [9.17, 15) is 0 Å². The molecule has 0 spiro atoms. The minimum absolute atomic E-state index is 0.509. The molecule has 0 aliphatic rings. The van der Waals surface area contributed by atoms with E-state index in [-0.39, 0.29) is 0 Å². The summed E-state index contributed by atoms with van der Waals surface area (Å²) in [6, 6.07) is 4.17. The first-order valence-corrected chi connectivity index (χ1v) is 5.34. The molecule has 0 saturated carbocycles. The summed E-state index contributed by atoms with van der Waals surface area (Å²) in [6.07, 6.45) is 0. The summed E-state index contributed by atoms with van der Waals surface area (Å²) in [7, 11) is 0. The van der Waals surface area contributed by atoms with Crippen molar-refractivity contribution in [2.45, 2.75) is 20.4 Å². The number of aromatic nitrogens is 2. The molecule has 2 rings (SSSR count). The SMILES string of the molecule is Cc1cc(-c2cc(CN)[nH]n2)c(C)s1. The molecule has 0 unspecified atom stereocenters. The van der Waals surface area contributed by atoms with Gasteiger partial charge in [-0.3, -0.25) is 5.10 Å². The molecule has 2 aromatic heterocycles. The molecule has 2 heterocycles. The molecule has 3 nitrogen and oxygen atoms in total. The number of rotatable bonds is 2. The Bertz CT molecular complexity index is 442. The van der Waals surface area contributed by atoms with Gasteiger partial charge in [0.15, 0.2) is 0 Å². The second-order valence-corrected chi connectivity index (χ2v) is 4.77. The number of aromatic amines is 1. The first kappa shape index (κ1) is 9.43. The second kappa shape index (κ2) is 3.55. The van der Waals surface area contributed by atoms with Gasteiger partial charge in [-0.25, -0.2) is 0 Å². The molecule has 74 valence electrons. The highest BCUT2D eigenvalue weighted by Gasteiger charge is 2.08. The fourth-order valence-corrected chi connectivity index (χ4v) is 2.42. The Morgan fingerprint density at radius 2 is 2.21 bits per heavy atom. The molecule has 2 aromatic rings. The fourth-order valence-electron chi connectivity index (χ4n) is 1.49. The smallest absolute Gasteiger partial charge is 0.0935 e. The quantitative estimate of drug-likeness (QED) is 0.793. The Balaban J connectivity index is 2.43. The fraction of sp³-hybridized carbons (Fsp3) is 0.300. The third-order valence-electron chi connectivity index (χ3n) is 2.17. The van der Waals surface area contributed by atoms with Gasteiger partial charge in [-0.15, -0.1) is 11.3 Å². The number of nitrogens with two attached hydrogens (primary N) is 1. The lowest BCUT2D eigenvalue weighted by Crippen LogP contribution is -1.95. The zero-order valence-electron chi connectivity index (χ0n) is 8.29. The van der Waals surface area contributed by atoms with Crippen LogP contribution in [0.3, 0.4) is 0 Å². The third kappa shape index (κ3) is 1.58. The van der Waals surface area contributed by atoms with E-state index in [2.05, 4.69) is 30.1 Å². The van der Waals surface area contributed by atoms with E-state index in [1.54, 1.807) is 11.3 Å². The lowest BCUT2D eigenvalue weighted by Gasteiger charge is -1.91. The summed E-state index contributed by atoms with van der Waals surface area (Å²) in [5, 5.41) is 7.15. The van der Waals surface area contributed by atoms with Crippen molar-refractivity contribution in [3.05, 3.63) is 27.6 Å². The van der Waals surface area contributed by atoms with E-state index >= 15 is 0 Å². The minimum atomic E-state index is 0.509. The Hall–Kier alpha value is -1.13. The van der Waals surface area contributed by atoms with E-state index in [0.717, 1.165) is 11.4 Å². The summed E-state index contributed by atoms with van der Waals surface area (Å²) in [5.74, 6) is 0. The third-order valence-corrected chi connectivity index (χ3v) is 3.13. The Labute approximate surface area is 87.0 Å². The van der Waals surface area contributed by atoms with Crippen LogP contribution in [0.1, 0.15) is 15.4 Å². The second-order valence-electron chi connectivity index (χ2n) is 3.31. The van der Waals surface area contributed by atoms with Crippen molar-refractivity contribution < 1.29 is 0 Å². The molecule has 0 saturated heterocycles. The van der Waals surface area contributed by atoms with Gasteiger partial charge in [-0.2, -0.15) is 5.10 Å². The summed E-state index contributed by atoms with van der Waals surface area (Å²) in [6.45, 7) is 4.73. The summed E-state index contributed by atoms with van der Waals surface area (Å²) < 4.78 is 0. The van der Waals surface area contributed by atoms with Gasteiger partial charge in [-0.05, 0) is 26.0 Å². The predicted molar refractivity (Wildman–Crippen MR) is 59.3 cm³/mol. The molecule has 4 heteroatoms. The summed E-state index contributed by atoms with van der Waals surface area (Å²) in [5.41, 5.74) is 8.70. The maximum Gasteiger partial charge on any atom is 0.0935 e. The molecule has 0 atom stereocenters. The first-order chi connectivity index (χ1) is 6.70. The highest BCUT2D eigenvalue weighted by atomic mass is 32.1. The van der Waals surface area contributed by atoms with Crippen molar-refractivity contribution in [2.75, 3.05) is 0 Å². The van der Waals surface area contributed by atoms with Gasteiger partial charge < -0.3 is 5.73 Å². The van der Waals surface area contributed by atoms with Crippen LogP contribution in [0.25, 0.3) is 11.3 Å². The van der Waals surface area contributed by atoms with Crippen LogP contribution >= 0.6 is 11.3 Å². The van der Waals surface area contributed by atoms with Crippen LogP contribution in [0.5, 0.6) is 0 Å². The molecule has 14 heavy (non-hydrogen) atoms. The number of H-pyrrole nitrogens is 1. The van der Waals surface area contributed by atoms with E-state index in [4.69, 9.17) is 5.73 Å². The van der Waals surface area contributed by atoms with Gasteiger partial charge in [0.1, 0.15) is 0 Å². The van der Waals surface area contributed by atoms with Gasteiger partial charge in [0.2, 0.25) is 0 Å². The van der Waals surface area contributed by atoms with E-state index in [1.807, 2.05) is 6.07 Å². The highest BCUT2D eigenvalue weighted by Crippen LogP contribution is 2.29. The van der Waals surface area contributed by atoms with Crippen LogP contribution in [0.4, 0.5) is 0 Å². The van der Waals surface area contributed by atoms with Crippen molar-refractivity contribution in [3.8, 4) is 11.3 Å². The number of hydrogen-bond donors (Lipinski definition) is 2. The van der Waals surface area contributed by atoms with Crippen LogP contribution in [-0.2, 0) is 6.54 Å². The maximum atomic E-state index is 5.52. The van der Waals surface area contributed by atoms with E-state index in [0.29, 0.717) is 6.54 Å². The highest BCUT2D eigenvalue weighted by molar-refractivity contribution is 7.12. The number of hydrogen-bond acceptors (Lipinski definition) is 3. The molecule has 3 N–H and O–H groups in total. The molecule has 0 fully saturated rings. The molecule has 0 aliphatic heterocycles. The molecule has 0 aromatic carbocycles. The average Bonchev–Trinajstić information content (AvgIpc) is 2.71. The maximum absolute atomic E-state index is 5.52. The van der Waals surface area contributed by atoms with Crippen LogP contribution in [0.2, 0.25) is 0 Å². The Morgan fingerprint density at radius 1 is 1.43 bits per heavy atom. The topological polar surface area (TPSA) is 54.7 Å². The Morgan fingerprint density at radius 3 is 2.71 bits per heavy atom. The van der Waals surface area contributed by atoms with Crippen molar-refractivity contribution >= 4 is 11.3 Å². The van der Waals surface area contributed by atoms with Crippen LogP contribution in [-0.4, -0.2) is 10.2 Å². The van der Waals surface area contributed by atoms with E-state index in [1.165, 1.54) is 15.3 Å². The Kier molecular flexibility index (Phi) is 2.39. The first-order valence-electron chi connectivity index (χ1n) is 4.52. The van der Waals surface area contributed by atoms with Crippen molar-refractivity contribution in [1.82, 2.24) is 10.2 Å². The van der Waals surface area contributed by atoms with Gasteiger partial charge in [0.05, 0.1) is 5.69 Å². The molecule has 0 aliphatic carbocycles. The molecular weight excluding hydrogens is 194 g/mol.